The first kappa shape index (κ1) is 31.9. The van der Waals surface area contributed by atoms with Gasteiger partial charge in [-0.15, -0.1) is 0 Å². The lowest BCUT2D eigenvalue weighted by atomic mass is 9.95. The smallest absolute Gasteiger partial charge is 0.264 e. The molecule has 0 aromatic heterocycles. The number of anilines is 1. The zero-order chi connectivity index (χ0) is 30.8. The number of hydrogen-bond donors (Lipinski definition) is 1. The first-order valence-electron chi connectivity index (χ1n) is 14.7. The van der Waals surface area contributed by atoms with Crippen LogP contribution in [0.5, 0.6) is 11.5 Å². The highest BCUT2D eigenvalue weighted by atomic mass is 32.2. The third kappa shape index (κ3) is 8.07. The molecule has 4 rings (SSSR count). The number of amides is 2. The van der Waals surface area contributed by atoms with Crippen molar-refractivity contribution < 1.29 is 27.5 Å². The van der Waals surface area contributed by atoms with E-state index in [1.807, 2.05) is 19.1 Å². The van der Waals surface area contributed by atoms with Crippen molar-refractivity contribution in [2.24, 2.45) is 0 Å². The van der Waals surface area contributed by atoms with Gasteiger partial charge in [-0.3, -0.25) is 13.9 Å². The molecule has 0 heterocycles. The van der Waals surface area contributed by atoms with Crippen LogP contribution in [0.25, 0.3) is 0 Å². The summed E-state index contributed by atoms with van der Waals surface area (Å²) in [6.45, 7) is 1.48. The summed E-state index contributed by atoms with van der Waals surface area (Å²) >= 11 is 0. The zero-order valence-corrected chi connectivity index (χ0v) is 25.9. The van der Waals surface area contributed by atoms with Crippen molar-refractivity contribution in [3.05, 3.63) is 84.4 Å². The number of benzene rings is 3. The van der Waals surface area contributed by atoms with Crippen LogP contribution in [0, 0.1) is 0 Å². The van der Waals surface area contributed by atoms with Crippen LogP contribution in [0.2, 0.25) is 0 Å². The number of nitrogens with one attached hydrogen (secondary N) is 1. The minimum Gasteiger partial charge on any atom is -0.497 e. The lowest BCUT2D eigenvalue weighted by Gasteiger charge is -2.34. The molecule has 2 amide bonds. The van der Waals surface area contributed by atoms with E-state index in [0.29, 0.717) is 17.9 Å². The highest BCUT2D eigenvalue weighted by molar-refractivity contribution is 7.92. The van der Waals surface area contributed by atoms with E-state index < -0.39 is 28.5 Å². The van der Waals surface area contributed by atoms with Gasteiger partial charge < -0.3 is 19.7 Å². The Hall–Kier alpha value is -4.05. The van der Waals surface area contributed by atoms with E-state index in [4.69, 9.17) is 9.47 Å². The minimum atomic E-state index is -4.15. The summed E-state index contributed by atoms with van der Waals surface area (Å²) in [7, 11) is -1.08. The lowest BCUT2D eigenvalue weighted by molar-refractivity contribution is -0.140. The van der Waals surface area contributed by atoms with Gasteiger partial charge in [0.15, 0.2) is 0 Å². The SMILES string of the molecule is CCC(C(=O)NC1CCCCC1)N(Cc1ccc(OC)cc1)C(=O)CN(c1cccc(OC)c1)S(=O)(=O)c1ccccc1. The number of carbonyl (C=O) groups excluding carboxylic acids is 2. The van der Waals surface area contributed by atoms with Gasteiger partial charge in [0, 0.05) is 18.7 Å². The average molecular weight is 608 g/mol. The van der Waals surface area contributed by atoms with Crippen molar-refractivity contribution in [3.63, 3.8) is 0 Å². The van der Waals surface area contributed by atoms with Crippen molar-refractivity contribution in [3.8, 4) is 11.5 Å². The molecule has 9 nitrogen and oxygen atoms in total. The maximum atomic E-state index is 14.3. The number of methoxy groups -OCH3 is 2. The van der Waals surface area contributed by atoms with Crippen LogP contribution in [0.4, 0.5) is 5.69 Å². The Labute approximate surface area is 254 Å². The molecule has 1 N–H and O–H groups in total. The number of carbonyl (C=O) groups is 2. The average Bonchev–Trinajstić information content (AvgIpc) is 3.04. The van der Waals surface area contributed by atoms with E-state index in [0.717, 1.165) is 42.0 Å². The van der Waals surface area contributed by atoms with Crippen LogP contribution in [0.1, 0.15) is 51.0 Å². The van der Waals surface area contributed by atoms with Gasteiger partial charge in [-0.05, 0) is 61.2 Å². The van der Waals surface area contributed by atoms with Crippen LogP contribution < -0.4 is 19.1 Å². The molecule has 1 aliphatic carbocycles. The second kappa shape index (κ2) is 14.9. The van der Waals surface area contributed by atoms with Crippen LogP contribution in [0.15, 0.2) is 83.8 Å². The molecule has 1 aliphatic rings. The van der Waals surface area contributed by atoms with Crippen molar-refractivity contribution in [2.75, 3.05) is 25.1 Å². The summed E-state index contributed by atoms with van der Waals surface area (Å²) in [6.07, 6.45) is 5.46. The van der Waals surface area contributed by atoms with Crippen LogP contribution in [0.3, 0.4) is 0 Å². The number of hydrogen-bond acceptors (Lipinski definition) is 6. The summed E-state index contributed by atoms with van der Waals surface area (Å²) in [6, 6.07) is 21.1. The fourth-order valence-electron chi connectivity index (χ4n) is 5.41. The molecule has 1 atom stereocenters. The van der Waals surface area contributed by atoms with Gasteiger partial charge in [0.25, 0.3) is 10.0 Å². The standard InChI is InChI=1S/C33H41N3O6S/c1-4-31(33(38)34-26-12-7-5-8-13-26)35(23-25-18-20-28(41-2)21-19-25)32(37)24-36(27-14-11-15-29(22-27)42-3)43(39,40)30-16-9-6-10-17-30/h6,9-11,14-22,26,31H,4-5,7-8,12-13,23-24H2,1-3H3,(H,34,38). The first-order valence-corrected chi connectivity index (χ1v) is 16.2. The highest BCUT2D eigenvalue weighted by Crippen LogP contribution is 2.28. The van der Waals surface area contributed by atoms with E-state index in [-0.39, 0.29) is 29.1 Å². The Bertz CT molecular complexity index is 1460. The Morgan fingerprint density at radius 1 is 0.884 bits per heavy atom. The van der Waals surface area contributed by atoms with Gasteiger partial charge in [0.1, 0.15) is 24.1 Å². The molecule has 43 heavy (non-hydrogen) atoms. The van der Waals surface area contributed by atoms with Crippen molar-refractivity contribution in [2.45, 2.75) is 69.0 Å². The Morgan fingerprint density at radius 2 is 1.56 bits per heavy atom. The molecule has 3 aromatic carbocycles. The molecule has 230 valence electrons. The van der Waals surface area contributed by atoms with Gasteiger partial charge in [-0.25, -0.2) is 8.42 Å². The molecule has 1 saturated carbocycles. The zero-order valence-electron chi connectivity index (χ0n) is 25.1. The van der Waals surface area contributed by atoms with Gasteiger partial charge in [0.2, 0.25) is 11.8 Å². The second-order valence-corrected chi connectivity index (χ2v) is 12.5. The predicted octanol–water partition coefficient (Wildman–Crippen LogP) is 5.16. The van der Waals surface area contributed by atoms with Crippen LogP contribution in [-0.4, -0.2) is 58.0 Å². The third-order valence-electron chi connectivity index (χ3n) is 7.80. The van der Waals surface area contributed by atoms with E-state index in [9.17, 15) is 18.0 Å². The molecule has 3 aromatic rings. The number of rotatable bonds is 13. The largest absolute Gasteiger partial charge is 0.497 e. The lowest BCUT2D eigenvalue weighted by Crippen LogP contribution is -2.54. The van der Waals surface area contributed by atoms with Crippen molar-refractivity contribution in [1.82, 2.24) is 10.2 Å². The molecule has 0 radical (unpaired) electrons. The maximum absolute atomic E-state index is 14.3. The molecule has 0 spiro atoms. The van der Waals surface area contributed by atoms with Gasteiger partial charge in [0.05, 0.1) is 24.8 Å². The Morgan fingerprint density at radius 3 is 2.19 bits per heavy atom. The van der Waals surface area contributed by atoms with Crippen molar-refractivity contribution in [1.29, 1.82) is 0 Å². The minimum absolute atomic E-state index is 0.0504. The van der Waals surface area contributed by atoms with E-state index in [1.54, 1.807) is 61.7 Å². The molecular formula is C33H41N3O6S. The molecule has 1 unspecified atom stereocenters. The molecule has 0 aliphatic heterocycles. The fraction of sp³-hybridized carbons (Fsp3) is 0.394. The summed E-state index contributed by atoms with van der Waals surface area (Å²) < 4.78 is 39.7. The van der Waals surface area contributed by atoms with E-state index >= 15 is 0 Å². The van der Waals surface area contributed by atoms with Gasteiger partial charge >= 0.3 is 0 Å². The summed E-state index contributed by atoms with van der Waals surface area (Å²) in [5.74, 6) is 0.396. The molecular weight excluding hydrogens is 566 g/mol. The van der Waals surface area contributed by atoms with Gasteiger partial charge in [-0.2, -0.15) is 0 Å². The van der Waals surface area contributed by atoms with E-state index in [2.05, 4.69) is 5.32 Å². The monoisotopic (exact) mass is 607 g/mol. The summed E-state index contributed by atoms with van der Waals surface area (Å²) in [5.41, 5.74) is 1.07. The predicted molar refractivity (Wildman–Crippen MR) is 167 cm³/mol. The summed E-state index contributed by atoms with van der Waals surface area (Å²) in [4.78, 5) is 29.5. The molecule has 0 bridgehead atoms. The second-order valence-electron chi connectivity index (χ2n) is 10.7. The van der Waals surface area contributed by atoms with Crippen molar-refractivity contribution >= 4 is 27.5 Å². The maximum Gasteiger partial charge on any atom is 0.264 e. The highest BCUT2D eigenvalue weighted by Gasteiger charge is 2.34. The van der Waals surface area contributed by atoms with Gasteiger partial charge in [-0.1, -0.05) is 62.6 Å². The normalized spacial score (nSPS) is 14.4. The quantitative estimate of drug-likeness (QED) is 0.288. The number of ether oxygens (including phenoxy) is 2. The van der Waals surface area contributed by atoms with E-state index in [1.165, 1.54) is 24.1 Å². The topological polar surface area (TPSA) is 105 Å². The van der Waals surface area contributed by atoms with Crippen LogP contribution in [-0.2, 0) is 26.2 Å². The molecule has 10 heteroatoms. The summed E-state index contributed by atoms with van der Waals surface area (Å²) in [5, 5.41) is 3.16. The Kier molecular flexibility index (Phi) is 11.1. The van der Waals surface area contributed by atoms with Crippen LogP contribution >= 0.6 is 0 Å². The number of sulfonamides is 1. The first-order chi connectivity index (χ1) is 20.8. The Balaban J connectivity index is 1.71. The molecule has 0 saturated heterocycles. The number of nitrogens with zero attached hydrogens (tertiary/aromatic N) is 2. The fourth-order valence-corrected chi connectivity index (χ4v) is 6.83. The third-order valence-corrected chi connectivity index (χ3v) is 9.59. The molecule has 1 fully saturated rings.